The molecule has 0 spiro atoms. The second kappa shape index (κ2) is 15.3. The standard InChI is InChI=1S/C28H52O2/c1-4-6-8-12-24-14-18-26(19-15-24)23(3)11-10-22-30-28(29)27-20-16-25(17-21-27)13-9-7-5-2/h23-27H,4-22H2,1-3H3. The molecule has 0 saturated heterocycles. The summed E-state index contributed by atoms with van der Waals surface area (Å²) in [6, 6.07) is 0. The van der Waals surface area contributed by atoms with Gasteiger partial charge in [-0.3, -0.25) is 4.79 Å². The van der Waals surface area contributed by atoms with Gasteiger partial charge in [-0.15, -0.1) is 0 Å². The van der Waals surface area contributed by atoms with Gasteiger partial charge in [0.05, 0.1) is 12.5 Å². The summed E-state index contributed by atoms with van der Waals surface area (Å²) in [5.74, 6) is 3.85. The molecule has 2 nitrogen and oxygen atoms in total. The molecule has 2 rings (SSSR count). The lowest BCUT2D eigenvalue weighted by atomic mass is 9.74. The minimum absolute atomic E-state index is 0.0993. The molecule has 1 unspecified atom stereocenters. The van der Waals surface area contributed by atoms with Gasteiger partial charge < -0.3 is 4.74 Å². The first-order valence-corrected chi connectivity index (χ1v) is 13.8. The summed E-state index contributed by atoms with van der Waals surface area (Å²) in [5.41, 5.74) is 0. The van der Waals surface area contributed by atoms with Crippen LogP contribution in [0.25, 0.3) is 0 Å². The third-order valence-electron chi connectivity index (χ3n) is 8.36. The largest absolute Gasteiger partial charge is 0.465 e. The second-order valence-electron chi connectivity index (χ2n) is 10.8. The van der Waals surface area contributed by atoms with Crippen molar-refractivity contribution >= 4 is 5.97 Å². The smallest absolute Gasteiger partial charge is 0.308 e. The summed E-state index contributed by atoms with van der Waals surface area (Å²) in [7, 11) is 0. The Hall–Kier alpha value is -0.530. The molecule has 2 heteroatoms. The van der Waals surface area contributed by atoms with Crippen LogP contribution in [0.4, 0.5) is 0 Å². The van der Waals surface area contributed by atoms with E-state index in [1.807, 2.05) is 0 Å². The van der Waals surface area contributed by atoms with E-state index in [-0.39, 0.29) is 11.9 Å². The quantitative estimate of drug-likeness (QED) is 0.207. The highest BCUT2D eigenvalue weighted by molar-refractivity contribution is 5.72. The number of hydrogen-bond donors (Lipinski definition) is 0. The van der Waals surface area contributed by atoms with E-state index in [2.05, 4.69) is 20.8 Å². The minimum atomic E-state index is 0.0993. The van der Waals surface area contributed by atoms with Crippen molar-refractivity contribution in [2.24, 2.45) is 29.6 Å². The molecular formula is C28H52O2. The van der Waals surface area contributed by atoms with E-state index in [1.54, 1.807) is 0 Å². The molecule has 0 aromatic rings. The van der Waals surface area contributed by atoms with Gasteiger partial charge in [0.15, 0.2) is 0 Å². The average molecular weight is 421 g/mol. The van der Waals surface area contributed by atoms with Crippen LogP contribution in [0.5, 0.6) is 0 Å². The van der Waals surface area contributed by atoms with Gasteiger partial charge in [0.25, 0.3) is 0 Å². The van der Waals surface area contributed by atoms with E-state index in [9.17, 15) is 4.79 Å². The van der Waals surface area contributed by atoms with Crippen molar-refractivity contribution < 1.29 is 9.53 Å². The molecule has 0 bridgehead atoms. The number of carbonyl (C=O) groups is 1. The summed E-state index contributed by atoms with van der Waals surface area (Å²) in [5, 5.41) is 0. The first-order chi connectivity index (χ1) is 14.6. The molecule has 2 fully saturated rings. The number of unbranched alkanes of at least 4 members (excludes halogenated alkanes) is 4. The van der Waals surface area contributed by atoms with E-state index in [4.69, 9.17) is 4.74 Å². The van der Waals surface area contributed by atoms with Gasteiger partial charge in [-0.2, -0.15) is 0 Å². The van der Waals surface area contributed by atoms with E-state index in [1.165, 1.54) is 96.3 Å². The van der Waals surface area contributed by atoms with Gasteiger partial charge in [0, 0.05) is 0 Å². The van der Waals surface area contributed by atoms with Crippen LogP contribution in [-0.4, -0.2) is 12.6 Å². The van der Waals surface area contributed by atoms with E-state index < -0.39 is 0 Å². The maximum Gasteiger partial charge on any atom is 0.308 e. The summed E-state index contributed by atoms with van der Waals surface area (Å²) >= 11 is 0. The molecule has 176 valence electrons. The summed E-state index contributed by atoms with van der Waals surface area (Å²) in [4.78, 5) is 12.4. The van der Waals surface area contributed by atoms with Gasteiger partial charge in [-0.25, -0.2) is 0 Å². The van der Waals surface area contributed by atoms with Crippen LogP contribution in [0.2, 0.25) is 0 Å². The Morgan fingerprint density at radius 3 is 1.83 bits per heavy atom. The van der Waals surface area contributed by atoms with E-state index >= 15 is 0 Å². The molecule has 0 radical (unpaired) electrons. The van der Waals surface area contributed by atoms with Crippen molar-refractivity contribution in [1.29, 1.82) is 0 Å². The fourth-order valence-corrected chi connectivity index (χ4v) is 6.03. The van der Waals surface area contributed by atoms with Crippen molar-refractivity contribution in [3.63, 3.8) is 0 Å². The molecule has 2 aliphatic carbocycles. The zero-order valence-electron chi connectivity index (χ0n) is 20.6. The zero-order valence-corrected chi connectivity index (χ0v) is 20.6. The van der Waals surface area contributed by atoms with E-state index in [0.29, 0.717) is 6.61 Å². The zero-order chi connectivity index (χ0) is 21.6. The van der Waals surface area contributed by atoms with Crippen molar-refractivity contribution in [1.82, 2.24) is 0 Å². The molecule has 2 aliphatic rings. The molecule has 0 aliphatic heterocycles. The van der Waals surface area contributed by atoms with Gasteiger partial charge in [-0.1, -0.05) is 85.0 Å². The molecule has 0 aromatic heterocycles. The maximum atomic E-state index is 12.4. The van der Waals surface area contributed by atoms with Crippen LogP contribution in [0.3, 0.4) is 0 Å². The lowest BCUT2D eigenvalue weighted by molar-refractivity contribution is -0.150. The lowest BCUT2D eigenvalue weighted by Gasteiger charge is -2.32. The Morgan fingerprint density at radius 1 is 0.767 bits per heavy atom. The number of ether oxygens (including phenoxy) is 1. The Kier molecular flexibility index (Phi) is 13.1. The van der Waals surface area contributed by atoms with Crippen LogP contribution in [0.15, 0.2) is 0 Å². The number of carbonyl (C=O) groups excluding carboxylic acids is 1. The SMILES string of the molecule is CCCCCC1CCC(C(=O)OCCCC(C)C2CCC(CCCCC)CC2)CC1. The molecule has 2 saturated carbocycles. The third kappa shape index (κ3) is 9.73. The van der Waals surface area contributed by atoms with Crippen molar-refractivity contribution in [2.75, 3.05) is 6.61 Å². The summed E-state index contributed by atoms with van der Waals surface area (Å²) < 4.78 is 5.69. The monoisotopic (exact) mass is 420 g/mol. The van der Waals surface area contributed by atoms with Crippen LogP contribution in [-0.2, 0) is 9.53 Å². The first-order valence-electron chi connectivity index (χ1n) is 13.8. The molecule has 30 heavy (non-hydrogen) atoms. The normalized spacial score (nSPS) is 28.2. The number of hydrogen-bond acceptors (Lipinski definition) is 2. The molecule has 1 atom stereocenters. The van der Waals surface area contributed by atoms with Gasteiger partial charge in [0.1, 0.15) is 0 Å². The van der Waals surface area contributed by atoms with Crippen molar-refractivity contribution in [3.8, 4) is 0 Å². The fourth-order valence-electron chi connectivity index (χ4n) is 6.03. The van der Waals surface area contributed by atoms with Crippen LogP contribution >= 0.6 is 0 Å². The third-order valence-corrected chi connectivity index (χ3v) is 8.36. The van der Waals surface area contributed by atoms with Gasteiger partial charge >= 0.3 is 5.97 Å². The van der Waals surface area contributed by atoms with E-state index in [0.717, 1.165) is 42.9 Å². The highest BCUT2D eigenvalue weighted by atomic mass is 16.5. The molecule has 0 aromatic carbocycles. The van der Waals surface area contributed by atoms with Gasteiger partial charge in [-0.05, 0) is 75.0 Å². The first kappa shape index (κ1) is 25.7. The average Bonchev–Trinajstić information content (AvgIpc) is 2.77. The highest BCUT2D eigenvalue weighted by Gasteiger charge is 2.28. The minimum Gasteiger partial charge on any atom is -0.465 e. The summed E-state index contributed by atoms with van der Waals surface area (Å²) in [6.45, 7) is 7.65. The van der Waals surface area contributed by atoms with Crippen molar-refractivity contribution in [3.05, 3.63) is 0 Å². The fraction of sp³-hybridized carbons (Fsp3) is 0.964. The van der Waals surface area contributed by atoms with Crippen LogP contribution in [0, 0.1) is 29.6 Å². The summed E-state index contributed by atoms with van der Waals surface area (Å²) in [6.07, 6.45) is 23.7. The molecule has 0 N–H and O–H groups in total. The predicted molar refractivity (Wildman–Crippen MR) is 129 cm³/mol. The Labute approximate surface area is 188 Å². The Bertz CT molecular complexity index is 430. The van der Waals surface area contributed by atoms with Gasteiger partial charge in [0.2, 0.25) is 0 Å². The van der Waals surface area contributed by atoms with Crippen LogP contribution < -0.4 is 0 Å². The topological polar surface area (TPSA) is 26.3 Å². The molecule has 0 amide bonds. The predicted octanol–water partition coefficient (Wildman–Crippen LogP) is 8.72. The van der Waals surface area contributed by atoms with Crippen molar-refractivity contribution in [2.45, 2.75) is 136 Å². The molecule has 0 heterocycles. The van der Waals surface area contributed by atoms with Crippen LogP contribution in [0.1, 0.15) is 136 Å². The Morgan fingerprint density at radius 2 is 1.30 bits per heavy atom. The maximum absolute atomic E-state index is 12.4. The number of esters is 1. The molecular weight excluding hydrogens is 368 g/mol. The Balaban J connectivity index is 1.50. The highest BCUT2D eigenvalue weighted by Crippen LogP contribution is 2.37. The lowest BCUT2D eigenvalue weighted by Crippen LogP contribution is -2.24. The second-order valence-corrected chi connectivity index (χ2v) is 10.8. The number of rotatable bonds is 14.